The van der Waals surface area contributed by atoms with Gasteiger partial charge in [0.2, 0.25) is 5.91 Å². The van der Waals surface area contributed by atoms with Crippen molar-refractivity contribution >= 4 is 5.91 Å². The minimum atomic E-state index is 0.0695. The number of pyridine rings is 1. The summed E-state index contributed by atoms with van der Waals surface area (Å²) in [5.41, 5.74) is 3.78. The summed E-state index contributed by atoms with van der Waals surface area (Å²) in [6, 6.07) is 13.8. The molecular formula is C21H24N4O2. The standard InChI is InChI=1S/C21H24N4O2/c1-3-6-21(26)23-11-12-25-20(16-7-4-9-18(13-16)27-2)14-19(24-25)17-8-5-10-22-15-17/h4-5,7-10,13-15H,3,6,11-12H2,1-2H3,(H,23,26). The molecule has 6 nitrogen and oxygen atoms in total. The van der Waals surface area contributed by atoms with Gasteiger partial charge in [-0.25, -0.2) is 0 Å². The number of carbonyl (C=O) groups is 1. The summed E-state index contributed by atoms with van der Waals surface area (Å²) >= 11 is 0. The van der Waals surface area contributed by atoms with Gasteiger partial charge in [-0.15, -0.1) is 0 Å². The van der Waals surface area contributed by atoms with Crippen LogP contribution in [0.1, 0.15) is 19.8 Å². The number of nitrogens with zero attached hydrogens (tertiary/aromatic N) is 3. The number of amides is 1. The molecule has 0 fully saturated rings. The van der Waals surface area contributed by atoms with Gasteiger partial charge in [-0.1, -0.05) is 19.1 Å². The van der Waals surface area contributed by atoms with Gasteiger partial charge in [0.15, 0.2) is 0 Å². The van der Waals surface area contributed by atoms with Crippen molar-refractivity contribution in [1.29, 1.82) is 0 Å². The lowest BCUT2D eigenvalue weighted by molar-refractivity contribution is -0.121. The predicted octanol–water partition coefficient (Wildman–Crippen LogP) is 3.54. The Labute approximate surface area is 159 Å². The zero-order valence-electron chi connectivity index (χ0n) is 15.7. The molecule has 27 heavy (non-hydrogen) atoms. The quantitative estimate of drug-likeness (QED) is 0.664. The third-order valence-electron chi connectivity index (χ3n) is 4.23. The molecule has 1 aromatic carbocycles. The van der Waals surface area contributed by atoms with E-state index in [0.717, 1.165) is 34.7 Å². The second kappa shape index (κ2) is 8.98. The van der Waals surface area contributed by atoms with Gasteiger partial charge < -0.3 is 10.1 Å². The number of aromatic nitrogens is 3. The molecule has 0 unspecified atom stereocenters. The third kappa shape index (κ3) is 4.73. The number of nitrogens with one attached hydrogen (secondary N) is 1. The van der Waals surface area contributed by atoms with Crippen LogP contribution in [0, 0.1) is 0 Å². The van der Waals surface area contributed by atoms with Gasteiger partial charge >= 0.3 is 0 Å². The maximum absolute atomic E-state index is 11.7. The third-order valence-corrected chi connectivity index (χ3v) is 4.23. The van der Waals surface area contributed by atoms with Gasteiger partial charge in [-0.05, 0) is 36.8 Å². The van der Waals surface area contributed by atoms with Gasteiger partial charge in [0, 0.05) is 36.5 Å². The molecule has 3 aromatic rings. The molecule has 0 saturated heterocycles. The van der Waals surface area contributed by atoms with Crippen molar-refractivity contribution in [3.05, 3.63) is 54.9 Å². The first-order valence-electron chi connectivity index (χ1n) is 9.10. The second-order valence-electron chi connectivity index (χ2n) is 6.21. The second-order valence-corrected chi connectivity index (χ2v) is 6.21. The summed E-state index contributed by atoms with van der Waals surface area (Å²) in [7, 11) is 1.65. The average molecular weight is 364 g/mol. The molecule has 140 valence electrons. The molecule has 2 aromatic heterocycles. The lowest BCUT2D eigenvalue weighted by atomic mass is 10.1. The highest BCUT2D eigenvalue weighted by Crippen LogP contribution is 2.28. The Balaban J connectivity index is 1.89. The Morgan fingerprint density at radius 3 is 2.78 bits per heavy atom. The maximum Gasteiger partial charge on any atom is 0.220 e. The highest BCUT2D eigenvalue weighted by molar-refractivity contribution is 5.75. The molecule has 0 atom stereocenters. The molecule has 0 aliphatic rings. The lowest BCUT2D eigenvalue weighted by Gasteiger charge is -2.09. The molecular weight excluding hydrogens is 340 g/mol. The van der Waals surface area contributed by atoms with Crippen LogP contribution in [0.2, 0.25) is 0 Å². The summed E-state index contributed by atoms with van der Waals surface area (Å²) in [5, 5.41) is 7.69. The fourth-order valence-corrected chi connectivity index (χ4v) is 2.87. The first kappa shape index (κ1) is 18.6. The van der Waals surface area contributed by atoms with Crippen LogP contribution in [0.4, 0.5) is 0 Å². The van der Waals surface area contributed by atoms with Crippen LogP contribution in [0.5, 0.6) is 5.75 Å². The van der Waals surface area contributed by atoms with Crippen molar-refractivity contribution in [1.82, 2.24) is 20.1 Å². The minimum Gasteiger partial charge on any atom is -0.497 e. The van der Waals surface area contributed by atoms with Crippen molar-refractivity contribution < 1.29 is 9.53 Å². The van der Waals surface area contributed by atoms with E-state index < -0.39 is 0 Å². The Bertz CT molecular complexity index is 890. The van der Waals surface area contributed by atoms with Gasteiger partial charge in [-0.3, -0.25) is 14.5 Å². The topological polar surface area (TPSA) is 69.0 Å². The molecule has 0 spiro atoms. The van der Waals surface area contributed by atoms with E-state index in [4.69, 9.17) is 9.84 Å². The Kier molecular flexibility index (Phi) is 6.20. The maximum atomic E-state index is 11.7. The van der Waals surface area contributed by atoms with Crippen LogP contribution >= 0.6 is 0 Å². The number of methoxy groups -OCH3 is 1. The van der Waals surface area contributed by atoms with E-state index in [0.29, 0.717) is 19.5 Å². The molecule has 3 rings (SSSR count). The van der Waals surface area contributed by atoms with Crippen LogP contribution in [0.3, 0.4) is 0 Å². The molecule has 0 aliphatic carbocycles. The van der Waals surface area contributed by atoms with Crippen LogP contribution < -0.4 is 10.1 Å². The van der Waals surface area contributed by atoms with E-state index in [1.807, 2.05) is 54.1 Å². The first-order chi connectivity index (χ1) is 13.2. The minimum absolute atomic E-state index is 0.0695. The highest BCUT2D eigenvalue weighted by atomic mass is 16.5. The van der Waals surface area contributed by atoms with E-state index in [1.54, 1.807) is 19.5 Å². The zero-order valence-corrected chi connectivity index (χ0v) is 15.7. The summed E-state index contributed by atoms with van der Waals surface area (Å²) < 4.78 is 7.27. The van der Waals surface area contributed by atoms with Gasteiger partial charge in [0.05, 0.1) is 25.0 Å². The van der Waals surface area contributed by atoms with Gasteiger partial charge in [0.1, 0.15) is 5.75 Å². The predicted molar refractivity (Wildman–Crippen MR) is 105 cm³/mol. The highest BCUT2D eigenvalue weighted by Gasteiger charge is 2.12. The average Bonchev–Trinajstić information content (AvgIpc) is 3.13. The van der Waals surface area contributed by atoms with Crippen molar-refractivity contribution in [2.75, 3.05) is 13.7 Å². The van der Waals surface area contributed by atoms with E-state index in [1.165, 1.54) is 0 Å². The Morgan fingerprint density at radius 1 is 1.19 bits per heavy atom. The molecule has 1 amide bonds. The summed E-state index contributed by atoms with van der Waals surface area (Å²) in [6.07, 6.45) is 4.92. The van der Waals surface area contributed by atoms with Gasteiger partial charge in [0.25, 0.3) is 0 Å². The molecule has 0 radical (unpaired) electrons. The molecule has 0 bridgehead atoms. The van der Waals surface area contributed by atoms with Crippen LogP contribution in [0.15, 0.2) is 54.9 Å². The van der Waals surface area contributed by atoms with E-state index in [9.17, 15) is 4.79 Å². The SMILES string of the molecule is CCCC(=O)NCCn1nc(-c2cccnc2)cc1-c1cccc(OC)c1. The Hall–Kier alpha value is -3.15. The first-order valence-corrected chi connectivity index (χ1v) is 9.10. The number of hydrogen-bond acceptors (Lipinski definition) is 4. The molecule has 1 N–H and O–H groups in total. The van der Waals surface area contributed by atoms with E-state index >= 15 is 0 Å². The summed E-state index contributed by atoms with van der Waals surface area (Å²) in [4.78, 5) is 15.9. The van der Waals surface area contributed by atoms with E-state index in [2.05, 4.69) is 10.3 Å². The fourth-order valence-electron chi connectivity index (χ4n) is 2.87. The smallest absolute Gasteiger partial charge is 0.220 e. The normalized spacial score (nSPS) is 10.6. The number of carbonyl (C=O) groups excluding carboxylic acids is 1. The van der Waals surface area contributed by atoms with Crippen molar-refractivity contribution in [2.24, 2.45) is 0 Å². The fraction of sp³-hybridized carbons (Fsp3) is 0.286. The van der Waals surface area contributed by atoms with Crippen LogP contribution in [-0.4, -0.2) is 34.3 Å². The number of benzene rings is 1. The number of hydrogen-bond donors (Lipinski definition) is 1. The monoisotopic (exact) mass is 364 g/mol. The molecule has 2 heterocycles. The van der Waals surface area contributed by atoms with Crippen LogP contribution in [-0.2, 0) is 11.3 Å². The lowest BCUT2D eigenvalue weighted by Crippen LogP contribution is -2.27. The largest absolute Gasteiger partial charge is 0.497 e. The molecule has 6 heteroatoms. The zero-order chi connectivity index (χ0) is 19.1. The summed E-state index contributed by atoms with van der Waals surface area (Å²) in [5.74, 6) is 0.861. The van der Waals surface area contributed by atoms with Crippen molar-refractivity contribution in [3.8, 4) is 28.3 Å². The molecule has 0 aliphatic heterocycles. The van der Waals surface area contributed by atoms with Crippen molar-refractivity contribution in [2.45, 2.75) is 26.3 Å². The van der Waals surface area contributed by atoms with Crippen LogP contribution in [0.25, 0.3) is 22.5 Å². The van der Waals surface area contributed by atoms with E-state index in [-0.39, 0.29) is 5.91 Å². The van der Waals surface area contributed by atoms with Crippen molar-refractivity contribution in [3.63, 3.8) is 0 Å². The summed E-state index contributed by atoms with van der Waals surface area (Å²) in [6.45, 7) is 3.11. The number of ether oxygens (including phenoxy) is 1. The Morgan fingerprint density at radius 2 is 2.04 bits per heavy atom. The van der Waals surface area contributed by atoms with Gasteiger partial charge in [-0.2, -0.15) is 5.10 Å². The number of rotatable bonds is 8. The molecule has 0 saturated carbocycles.